The molecule has 3 heteroatoms. The topological polar surface area (TPSA) is 35.0 Å². The lowest BCUT2D eigenvalue weighted by molar-refractivity contribution is 0.483. The average Bonchev–Trinajstić information content (AvgIpc) is 2.63. The van der Waals surface area contributed by atoms with E-state index in [1.165, 1.54) is 0 Å². The second kappa shape index (κ2) is 5.89. The number of hydrogen-bond acceptors (Lipinski definition) is 3. The van der Waals surface area contributed by atoms with Gasteiger partial charge in [0.1, 0.15) is 11.5 Å². The smallest absolute Gasteiger partial charge is 0.159 e. The van der Waals surface area contributed by atoms with Crippen molar-refractivity contribution in [1.82, 2.24) is 9.97 Å². The van der Waals surface area contributed by atoms with Crippen molar-refractivity contribution in [3.8, 4) is 22.8 Å². The number of rotatable bonds is 3. The highest BCUT2D eigenvalue weighted by atomic mass is 16.5. The summed E-state index contributed by atoms with van der Waals surface area (Å²) < 4.78 is 5.81. The zero-order valence-corrected chi connectivity index (χ0v) is 12.4. The number of nitrogens with zero attached hydrogens (tertiary/aromatic N) is 2. The van der Waals surface area contributed by atoms with Crippen LogP contribution in [0.4, 0.5) is 0 Å². The molecule has 0 aliphatic heterocycles. The first-order valence-electron chi connectivity index (χ1n) is 7.44. The van der Waals surface area contributed by atoms with Crippen molar-refractivity contribution in [3.05, 3.63) is 85.1 Å². The van der Waals surface area contributed by atoms with Crippen molar-refractivity contribution in [2.45, 2.75) is 0 Å². The van der Waals surface area contributed by atoms with Gasteiger partial charge in [0.05, 0.1) is 5.69 Å². The molecule has 23 heavy (non-hydrogen) atoms. The number of ether oxygens (including phenoxy) is 1. The molecule has 0 saturated carbocycles. The minimum atomic E-state index is 0.759. The fourth-order valence-corrected chi connectivity index (χ4v) is 2.43. The molecule has 2 heterocycles. The zero-order chi connectivity index (χ0) is 15.5. The van der Waals surface area contributed by atoms with Gasteiger partial charge in [-0.2, -0.15) is 0 Å². The van der Waals surface area contributed by atoms with Crippen LogP contribution in [0.1, 0.15) is 0 Å². The summed E-state index contributed by atoms with van der Waals surface area (Å²) in [6, 6.07) is 25.6. The Morgan fingerprint density at radius 3 is 2.26 bits per heavy atom. The lowest BCUT2D eigenvalue weighted by Gasteiger charge is -2.07. The normalized spacial score (nSPS) is 10.6. The van der Waals surface area contributed by atoms with Gasteiger partial charge in [-0.15, -0.1) is 0 Å². The summed E-state index contributed by atoms with van der Waals surface area (Å²) in [5.74, 6) is 1.63. The van der Waals surface area contributed by atoms with E-state index in [1.807, 2.05) is 78.9 Å². The van der Waals surface area contributed by atoms with Gasteiger partial charge < -0.3 is 4.74 Å². The number of hydrogen-bond donors (Lipinski definition) is 0. The molecule has 0 unspecified atom stereocenters. The Bertz CT molecular complexity index is 934. The largest absolute Gasteiger partial charge is 0.457 e. The number of para-hydroxylation sites is 1. The van der Waals surface area contributed by atoms with Crippen LogP contribution in [0.25, 0.3) is 22.3 Å². The van der Waals surface area contributed by atoms with E-state index in [2.05, 4.69) is 9.97 Å². The van der Waals surface area contributed by atoms with E-state index in [4.69, 9.17) is 4.74 Å². The highest BCUT2D eigenvalue weighted by Crippen LogP contribution is 2.25. The Labute approximate surface area is 134 Å². The van der Waals surface area contributed by atoms with Gasteiger partial charge in [-0.3, -0.25) is 0 Å². The molecule has 0 N–H and O–H groups in total. The maximum Gasteiger partial charge on any atom is 0.159 e. The van der Waals surface area contributed by atoms with Crippen molar-refractivity contribution in [1.29, 1.82) is 0 Å². The number of pyridine rings is 2. The van der Waals surface area contributed by atoms with Gasteiger partial charge in [0.15, 0.2) is 5.65 Å². The maximum absolute atomic E-state index is 5.81. The molecule has 0 spiro atoms. The minimum absolute atomic E-state index is 0.759. The van der Waals surface area contributed by atoms with Gasteiger partial charge in [-0.25, -0.2) is 9.97 Å². The Morgan fingerprint density at radius 1 is 0.652 bits per heavy atom. The molecule has 0 saturated heterocycles. The quantitative estimate of drug-likeness (QED) is 0.528. The van der Waals surface area contributed by atoms with Gasteiger partial charge >= 0.3 is 0 Å². The van der Waals surface area contributed by atoms with Crippen molar-refractivity contribution in [3.63, 3.8) is 0 Å². The standard InChI is InChI=1S/C20H14N2O/c1-2-6-17(7-3-1)23-18-11-8-15(9-12-18)19-13-10-16-5-4-14-21-20(16)22-19/h1-14H. The van der Waals surface area contributed by atoms with Gasteiger partial charge in [0, 0.05) is 17.1 Å². The van der Waals surface area contributed by atoms with E-state index in [0.29, 0.717) is 0 Å². The molecule has 0 aliphatic rings. The van der Waals surface area contributed by atoms with Crippen LogP contribution in [0.5, 0.6) is 11.5 Å². The third-order valence-corrected chi connectivity index (χ3v) is 3.59. The summed E-state index contributed by atoms with van der Waals surface area (Å²) in [5, 5.41) is 1.04. The second-order valence-electron chi connectivity index (χ2n) is 5.19. The second-order valence-corrected chi connectivity index (χ2v) is 5.19. The molecule has 0 atom stereocenters. The summed E-state index contributed by atoms with van der Waals surface area (Å²) in [6.45, 7) is 0. The summed E-state index contributed by atoms with van der Waals surface area (Å²) in [5.41, 5.74) is 2.70. The van der Waals surface area contributed by atoms with Crippen molar-refractivity contribution in [2.24, 2.45) is 0 Å². The molecule has 110 valence electrons. The van der Waals surface area contributed by atoms with Crippen LogP contribution >= 0.6 is 0 Å². The Morgan fingerprint density at radius 2 is 1.43 bits per heavy atom. The van der Waals surface area contributed by atoms with E-state index in [9.17, 15) is 0 Å². The summed E-state index contributed by atoms with van der Waals surface area (Å²) in [4.78, 5) is 8.91. The summed E-state index contributed by atoms with van der Waals surface area (Å²) in [6.07, 6.45) is 1.76. The predicted molar refractivity (Wildman–Crippen MR) is 91.5 cm³/mol. The number of benzene rings is 2. The molecule has 4 rings (SSSR count). The Hall–Kier alpha value is -3.20. The third kappa shape index (κ3) is 2.90. The van der Waals surface area contributed by atoms with Crippen LogP contribution in [0, 0.1) is 0 Å². The zero-order valence-electron chi connectivity index (χ0n) is 12.4. The molecule has 4 aromatic rings. The van der Waals surface area contributed by atoms with Crippen LogP contribution in [0.3, 0.4) is 0 Å². The Balaban J connectivity index is 1.61. The lowest BCUT2D eigenvalue weighted by Crippen LogP contribution is -1.88. The van der Waals surface area contributed by atoms with Crippen LogP contribution in [-0.2, 0) is 0 Å². The minimum Gasteiger partial charge on any atom is -0.457 e. The first-order valence-corrected chi connectivity index (χ1v) is 7.44. The highest BCUT2D eigenvalue weighted by molar-refractivity contribution is 5.78. The number of fused-ring (bicyclic) bond motifs is 1. The molecule has 0 aliphatic carbocycles. The van der Waals surface area contributed by atoms with E-state index >= 15 is 0 Å². The molecule has 0 fully saturated rings. The van der Waals surface area contributed by atoms with E-state index in [1.54, 1.807) is 6.20 Å². The number of aromatic nitrogens is 2. The monoisotopic (exact) mass is 298 g/mol. The van der Waals surface area contributed by atoms with Crippen LogP contribution < -0.4 is 4.74 Å². The summed E-state index contributed by atoms with van der Waals surface area (Å²) >= 11 is 0. The first-order chi connectivity index (χ1) is 11.4. The van der Waals surface area contributed by atoms with Gasteiger partial charge in [0.2, 0.25) is 0 Å². The van der Waals surface area contributed by atoms with Gasteiger partial charge in [-0.1, -0.05) is 18.2 Å². The maximum atomic E-state index is 5.81. The molecular weight excluding hydrogens is 284 g/mol. The third-order valence-electron chi connectivity index (χ3n) is 3.59. The van der Waals surface area contributed by atoms with E-state index in [-0.39, 0.29) is 0 Å². The average molecular weight is 298 g/mol. The lowest BCUT2D eigenvalue weighted by atomic mass is 10.1. The van der Waals surface area contributed by atoms with Crippen LogP contribution in [0.15, 0.2) is 85.1 Å². The highest BCUT2D eigenvalue weighted by Gasteiger charge is 2.03. The fourth-order valence-electron chi connectivity index (χ4n) is 2.43. The molecular formula is C20H14N2O. The van der Waals surface area contributed by atoms with E-state index in [0.717, 1.165) is 33.8 Å². The molecule has 0 amide bonds. The van der Waals surface area contributed by atoms with Crippen LogP contribution in [0.2, 0.25) is 0 Å². The molecule has 3 nitrogen and oxygen atoms in total. The molecule has 0 radical (unpaired) electrons. The SMILES string of the molecule is c1ccc(Oc2ccc(-c3ccc4cccnc4n3)cc2)cc1. The fraction of sp³-hybridized carbons (Fsp3) is 0. The van der Waals surface area contributed by atoms with E-state index < -0.39 is 0 Å². The first kappa shape index (κ1) is 13.5. The van der Waals surface area contributed by atoms with Crippen molar-refractivity contribution in [2.75, 3.05) is 0 Å². The molecule has 2 aromatic carbocycles. The Kier molecular flexibility index (Phi) is 3.45. The van der Waals surface area contributed by atoms with Crippen molar-refractivity contribution >= 4 is 11.0 Å². The van der Waals surface area contributed by atoms with Gasteiger partial charge in [0.25, 0.3) is 0 Å². The summed E-state index contributed by atoms with van der Waals surface area (Å²) in [7, 11) is 0. The molecule has 2 aromatic heterocycles. The van der Waals surface area contributed by atoms with Crippen LogP contribution in [-0.4, -0.2) is 9.97 Å². The van der Waals surface area contributed by atoms with Gasteiger partial charge in [-0.05, 0) is 60.7 Å². The molecule has 0 bridgehead atoms. The predicted octanol–water partition coefficient (Wildman–Crippen LogP) is 5.09. The van der Waals surface area contributed by atoms with Crippen molar-refractivity contribution < 1.29 is 4.74 Å².